The van der Waals surface area contributed by atoms with E-state index in [0.29, 0.717) is 0 Å². The molecule has 71 valence electrons. The Bertz CT molecular complexity index is 439. The molecule has 7 heteroatoms. The molecule has 0 aliphatic heterocycles. The minimum absolute atomic E-state index is 0. The van der Waals surface area contributed by atoms with Gasteiger partial charge in [0, 0.05) is 29.6 Å². The van der Waals surface area contributed by atoms with Crippen LogP contribution in [-0.4, -0.2) is 53.6 Å². The van der Waals surface area contributed by atoms with E-state index in [2.05, 4.69) is 0 Å². The van der Waals surface area contributed by atoms with Gasteiger partial charge in [0.2, 0.25) is 0 Å². The van der Waals surface area contributed by atoms with Gasteiger partial charge in [-0.1, -0.05) is 12.1 Å². The molecule has 0 aliphatic carbocycles. The maximum absolute atomic E-state index is 10.7. The molecule has 0 aliphatic rings. The summed E-state index contributed by atoms with van der Waals surface area (Å²) in [7, 11) is -4.46. The van der Waals surface area contributed by atoms with Crippen LogP contribution in [0.2, 0.25) is 0 Å². The number of carboxylic acids is 1. The topological polar surface area (TPSA) is 91.7 Å². The molecule has 1 rings (SSSR count). The van der Waals surface area contributed by atoms with E-state index in [0.717, 1.165) is 12.1 Å². The summed E-state index contributed by atoms with van der Waals surface area (Å²) < 4.78 is 29.9. The van der Waals surface area contributed by atoms with Crippen LogP contribution in [0.25, 0.3) is 0 Å². The van der Waals surface area contributed by atoms with Crippen LogP contribution in [0.3, 0.4) is 0 Å². The first-order valence-corrected chi connectivity index (χ1v) is 4.67. The Hall–Kier alpha value is -0.400. The number of benzene rings is 1. The average Bonchev–Trinajstić information content (AvgIpc) is 2.03. The number of hydrogen-bond acceptors (Lipinski definition) is 3. The predicted molar refractivity (Wildman–Crippen MR) is 49.0 cm³/mol. The van der Waals surface area contributed by atoms with Crippen LogP contribution in [0, 0.1) is 0 Å². The van der Waals surface area contributed by atoms with Gasteiger partial charge in [0.05, 0.1) is 5.56 Å². The summed E-state index contributed by atoms with van der Waals surface area (Å²) in [6.45, 7) is 0. The van der Waals surface area contributed by atoms with Crippen LogP contribution in [0.15, 0.2) is 29.2 Å². The molecule has 0 aromatic heterocycles. The molecule has 5 nitrogen and oxygen atoms in total. The number of hydrogen-bond donors (Lipinski definition) is 2. The minimum Gasteiger partial charge on any atom is -0.478 e. The van der Waals surface area contributed by atoms with E-state index in [1.807, 2.05) is 0 Å². The van der Waals surface area contributed by atoms with E-state index in [1.54, 1.807) is 0 Å². The maximum Gasteiger partial charge on any atom is 0.337 e. The van der Waals surface area contributed by atoms with Crippen molar-refractivity contribution in [3.8, 4) is 0 Å². The van der Waals surface area contributed by atoms with Crippen LogP contribution >= 0.6 is 0 Å². The molecule has 0 bridgehead atoms. The fourth-order valence-corrected chi connectivity index (χ4v) is 1.55. The molecule has 0 unspecified atom stereocenters. The minimum atomic E-state index is -4.46. The largest absolute Gasteiger partial charge is 0.478 e. The third kappa shape index (κ3) is 3.07. The molecular weight excluding hydrogens is 219 g/mol. The molecule has 0 heterocycles. The van der Waals surface area contributed by atoms with Crippen molar-refractivity contribution in [3.05, 3.63) is 29.8 Å². The van der Waals surface area contributed by atoms with Crippen LogP contribution in [0.4, 0.5) is 0 Å². The molecule has 1 aromatic carbocycles. The van der Waals surface area contributed by atoms with E-state index in [-0.39, 0.29) is 29.6 Å². The van der Waals surface area contributed by atoms with E-state index < -0.39 is 26.5 Å². The van der Waals surface area contributed by atoms with Crippen LogP contribution in [0.1, 0.15) is 10.4 Å². The van der Waals surface area contributed by atoms with Crippen molar-refractivity contribution < 1.29 is 22.9 Å². The molecule has 0 saturated heterocycles. The first-order valence-electron chi connectivity index (χ1n) is 3.23. The molecule has 0 fully saturated rings. The van der Waals surface area contributed by atoms with Gasteiger partial charge >= 0.3 is 5.97 Å². The van der Waals surface area contributed by atoms with Crippen molar-refractivity contribution in [2.75, 3.05) is 0 Å². The zero-order valence-corrected chi connectivity index (χ0v) is 10.2. The first kappa shape index (κ1) is 13.6. The molecule has 1 aromatic rings. The summed E-state index contributed by atoms with van der Waals surface area (Å²) in [6, 6.07) is 4.83. The van der Waals surface area contributed by atoms with Crippen molar-refractivity contribution in [2.45, 2.75) is 4.90 Å². The first-order chi connectivity index (χ1) is 5.93. The fourth-order valence-electron chi connectivity index (χ4n) is 0.868. The number of rotatable bonds is 2. The molecule has 2 N–H and O–H groups in total. The van der Waals surface area contributed by atoms with E-state index in [4.69, 9.17) is 9.66 Å². The third-order valence-electron chi connectivity index (χ3n) is 1.40. The standard InChI is InChI=1S/C7H6O5S.Na/c8-7(9)5-3-1-2-4-6(5)13(10,11)12;/h1-4H,(H,8,9)(H,10,11,12);. The van der Waals surface area contributed by atoms with Gasteiger partial charge in [-0.3, -0.25) is 4.55 Å². The smallest absolute Gasteiger partial charge is 0.337 e. The van der Waals surface area contributed by atoms with Gasteiger partial charge in [0.15, 0.2) is 0 Å². The Morgan fingerprint density at radius 3 is 2.07 bits per heavy atom. The summed E-state index contributed by atoms with van der Waals surface area (Å²) in [5, 5.41) is 8.55. The van der Waals surface area contributed by atoms with E-state index in [9.17, 15) is 13.2 Å². The van der Waals surface area contributed by atoms with Crippen molar-refractivity contribution in [3.63, 3.8) is 0 Å². The summed E-state index contributed by atoms with van der Waals surface area (Å²) >= 11 is 0. The summed E-state index contributed by atoms with van der Waals surface area (Å²) in [4.78, 5) is 9.90. The summed E-state index contributed by atoms with van der Waals surface area (Å²) in [5.41, 5.74) is -0.440. The normalized spacial score (nSPS) is 10.4. The Kier molecular flexibility index (Phi) is 4.76. The van der Waals surface area contributed by atoms with E-state index >= 15 is 0 Å². The monoisotopic (exact) mass is 225 g/mol. The molecular formula is C7H6NaO5S. The maximum atomic E-state index is 10.7. The molecule has 0 atom stereocenters. The zero-order chi connectivity index (χ0) is 10.1. The van der Waals surface area contributed by atoms with Gasteiger partial charge in [-0.05, 0) is 12.1 Å². The van der Waals surface area contributed by atoms with Gasteiger partial charge in [-0.25, -0.2) is 4.79 Å². The van der Waals surface area contributed by atoms with Gasteiger partial charge in [-0.2, -0.15) is 8.42 Å². The second-order valence-electron chi connectivity index (χ2n) is 2.28. The molecule has 0 spiro atoms. The van der Waals surface area contributed by atoms with Gasteiger partial charge < -0.3 is 5.11 Å². The average molecular weight is 225 g/mol. The second-order valence-corrected chi connectivity index (χ2v) is 3.67. The van der Waals surface area contributed by atoms with Crippen LogP contribution < -0.4 is 0 Å². The van der Waals surface area contributed by atoms with Gasteiger partial charge in [0.1, 0.15) is 4.90 Å². The predicted octanol–water partition coefficient (Wildman–Crippen LogP) is 0.251. The van der Waals surface area contributed by atoms with Crippen molar-refractivity contribution in [1.82, 2.24) is 0 Å². The number of carboxylic acid groups (broad SMARTS) is 1. The SMILES string of the molecule is O=C(O)c1ccccc1S(=O)(=O)O.[Na]. The Morgan fingerprint density at radius 1 is 1.21 bits per heavy atom. The third-order valence-corrected chi connectivity index (χ3v) is 2.31. The fraction of sp³-hybridized carbons (Fsp3) is 0. The zero-order valence-electron chi connectivity index (χ0n) is 7.34. The Labute approximate surface area is 103 Å². The van der Waals surface area contributed by atoms with Crippen LogP contribution in [-0.2, 0) is 10.1 Å². The van der Waals surface area contributed by atoms with Gasteiger partial charge in [0.25, 0.3) is 10.1 Å². The van der Waals surface area contributed by atoms with Crippen molar-refractivity contribution in [1.29, 1.82) is 0 Å². The second kappa shape index (κ2) is 4.90. The number of carbonyl (C=O) groups is 1. The van der Waals surface area contributed by atoms with Crippen molar-refractivity contribution >= 4 is 45.6 Å². The molecule has 1 radical (unpaired) electrons. The van der Waals surface area contributed by atoms with E-state index in [1.165, 1.54) is 12.1 Å². The molecule has 14 heavy (non-hydrogen) atoms. The Balaban J connectivity index is 0.00000169. The quantitative estimate of drug-likeness (QED) is 0.556. The van der Waals surface area contributed by atoms with Crippen LogP contribution in [0.5, 0.6) is 0 Å². The number of aromatic carboxylic acids is 1. The molecule has 0 amide bonds. The summed E-state index contributed by atoms with van der Waals surface area (Å²) in [6.07, 6.45) is 0. The van der Waals surface area contributed by atoms with Crippen molar-refractivity contribution in [2.24, 2.45) is 0 Å². The van der Waals surface area contributed by atoms with Gasteiger partial charge in [-0.15, -0.1) is 0 Å². The Morgan fingerprint density at radius 2 is 1.71 bits per heavy atom. The summed E-state index contributed by atoms with van der Waals surface area (Å²) in [5.74, 6) is -1.40. The molecule has 0 saturated carbocycles.